The topological polar surface area (TPSA) is 41.5 Å². The van der Waals surface area contributed by atoms with Crippen molar-refractivity contribution in [3.8, 4) is 0 Å². The molecule has 1 heterocycles. The molecule has 0 bridgehead atoms. The lowest BCUT2D eigenvalue weighted by Crippen LogP contribution is -2.31. The largest absolute Gasteiger partial charge is 0.316 e. The Morgan fingerprint density at radius 2 is 2.56 bits per heavy atom. The molecule has 9 heavy (non-hydrogen) atoms. The van der Waals surface area contributed by atoms with E-state index in [0.717, 1.165) is 13.1 Å². The van der Waals surface area contributed by atoms with Crippen LogP contribution in [0.1, 0.15) is 12.8 Å². The molecule has 1 atom stereocenters. The summed E-state index contributed by atoms with van der Waals surface area (Å²) in [6.07, 6.45) is 2.36. The molecule has 0 aliphatic carbocycles. The van der Waals surface area contributed by atoms with Gasteiger partial charge in [-0.1, -0.05) is 5.18 Å². The molecule has 3 nitrogen and oxygen atoms in total. The Morgan fingerprint density at radius 1 is 1.67 bits per heavy atom. The molecule has 0 spiro atoms. The third kappa shape index (κ3) is 2.10. The number of hydrogen-bond donors (Lipinski definition) is 1. The highest BCUT2D eigenvalue weighted by Gasteiger charge is 2.11. The van der Waals surface area contributed by atoms with Gasteiger partial charge in [-0.05, 0) is 31.8 Å². The van der Waals surface area contributed by atoms with Crippen molar-refractivity contribution in [1.82, 2.24) is 5.32 Å². The Hall–Kier alpha value is -0.440. The van der Waals surface area contributed by atoms with Crippen LogP contribution in [0.25, 0.3) is 0 Å². The van der Waals surface area contributed by atoms with Gasteiger partial charge in [-0.2, -0.15) is 4.91 Å². The third-order valence-corrected chi connectivity index (χ3v) is 1.73. The number of hydrogen-bond acceptors (Lipinski definition) is 3. The summed E-state index contributed by atoms with van der Waals surface area (Å²) < 4.78 is 0. The van der Waals surface area contributed by atoms with Gasteiger partial charge in [0, 0.05) is 0 Å². The molecule has 1 aliphatic rings. The average Bonchev–Trinajstić information content (AvgIpc) is 1.91. The Bertz CT molecular complexity index is 89.1. The fraction of sp³-hybridized carbons (Fsp3) is 1.00. The first kappa shape index (κ1) is 6.68. The minimum absolute atomic E-state index is 0.493. The van der Waals surface area contributed by atoms with Crippen molar-refractivity contribution in [2.75, 3.05) is 19.6 Å². The maximum Gasteiger partial charge on any atom is 0.0851 e. The van der Waals surface area contributed by atoms with Crippen molar-refractivity contribution >= 4 is 0 Å². The molecule has 1 saturated heterocycles. The first-order valence-electron chi connectivity index (χ1n) is 3.43. The fourth-order valence-corrected chi connectivity index (χ4v) is 1.19. The van der Waals surface area contributed by atoms with Crippen LogP contribution in [0.4, 0.5) is 0 Å². The molecule has 0 radical (unpaired) electrons. The van der Waals surface area contributed by atoms with Crippen LogP contribution in [0.3, 0.4) is 0 Å². The van der Waals surface area contributed by atoms with Gasteiger partial charge in [-0.15, -0.1) is 0 Å². The highest BCUT2D eigenvalue weighted by atomic mass is 16.3. The van der Waals surface area contributed by atoms with Crippen LogP contribution in [0, 0.1) is 10.8 Å². The van der Waals surface area contributed by atoms with E-state index in [1.54, 1.807) is 0 Å². The number of nitroso groups, excluding NO2 is 1. The van der Waals surface area contributed by atoms with Crippen molar-refractivity contribution in [3.05, 3.63) is 4.91 Å². The van der Waals surface area contributed by atoms with Gasteiger partial charge in [-0.3, -0.25) is 0 Å². The van der Waals surface area contributed by atoms with E-state index in [4.69, 9.17) is 0 Å². The number of nitrogens with zero attached hydrogens (tertiary/aromatic N) is 1. The molecule has 1 aliphatic heterocycles. The molecular weight excluding hydrogens is 116 g/mol. The second kappa shape index (κ2) is 3.56. The summed E-state index contributed by atoms with van der Waals surface area (Å²) in [4.78, 5) is 9.80. The zero-order chi connectivity index (χ0) is 6.53. The van der Waals surface area contributed by atoms with Gasteiger partial charge in [-0.25, -0.2) is 0 Å². The fourth-order valence-electron chi connectivity index (χ4n) is 1.19. The monoisotopic (exact) mass is 128 g/mol. The van der Waals surface area contributed by atoms with Gasteiger partial charge >= 0.3 is 0 Å². The Balaban J connectivity index is 2.15. The molecule has 0 amide bonds. The van der Waals surface area contributed by atoms with Crippen LogP contribution >= 0.6 is 0 Å². The molecule has 3 heteroatoms. The molecular formula is C6H12N2O. The van der Waals surface area contributed by atoms with Gasteiger partial charge < -0.3 is 5.32 Å². The van der Waals surface area contributed by atoms with Crippen molar-refractivity contribution in [3.63, 3.8) is 0 Å². The molecule has 0 aromatic heterocycles. The zero-order valence-corrected chi connectivity index (χ0v) is 5.47. The van der Waals surface area contributed by atoms with Crippen molar-refractivity contribution in [2.45, 2.75) is 12.8 Å². The lowest BCUT2D eigenvalue weighted by molar-refractivity contribution is 0.385. The number of rotatable bonds is 2. The first-order valence-corrected chi connectivity index (χ1v) is 3.43. The van der Waals surface area contributed by atoms with E-state index < -0.39 is 0 Å². The lowest BCUT2D eigenvalue weighted by atomic mass is 10.0. The smallest absolute Gasteiger partial charge is 0.0851 e. The summed E-state index contributed by atoms with van der Waals surface area (Å²) in [7, 11) is 0. The SMILES string of the molecule is O=NC[C@H]1CCCNC1. The minimum Gasteiger partial charge on any atom is -0.316 e. The van der Waals surface area contributed by atoms with Gasteiger partial charge in [0.2, 0.25) is 0 Å². The van der Waals surface area contributed by atoms with Crippen LogP contribution in [0.15, 0.2) is 5.18 Å². The lowest BCUT2D eigenvalue weighted by Gasteiger charge is -2.19. The standard InChI is InChI=1S/C6H12N2O/c9-8-5-6-2-1-3-7-4-6/h6-7H,1-5H2/t6-/m0/s1. The van der Waals surface area contributed by atoms with Crippen LogP contribution < -0.4 is 5.32 Å². The van der Waals surface area contributed by atoms with Crippen molar-refractivity contribution in [1.29, 1.82) is 0 Å². The maximum absolute atomic E-state index is 9.80. The van der Waals surface area contributed by atoms with Gasteiger partial charge in [0.05, 0.1) is 6.54 Å². The second-order valence-corrected chi connectivity index (χ2v) is 2.52. The molecule has 1 N–H and O–H groups in total. The highest BCUT2D eigenvalue weighted by molar-refractivity contribution is 4.69. The predicted molar refractivity (Wildman–Crippen MR) is 36.3 cm³/mol. The summed E-state index contributed by atoms with van der Waals surface area (Å²) in [5.41, 5.74) is 0. The third-order valence-electron chi connectivity index (χ3n) is 1.73. The van der Waals surface area contributed by atoms with Crippen molar-refractivity contribution in [2.24, 2.45) is 11.1 Å². The van der Waals surface area contributed by atoms with E-state index >= 15 is 0 Å². The maximum atomic E-state index is 9.80. The molecule has 0 aromatic rings. The molecule has 0 aromatic carbocycles. The highest BCUT2D eigenvalue weighted by Crippen LogP contribution is 2.09. The van der Waals surface area contributed by atoms with Gasteiger partial charge in [0.25, 0.3) is 0 Å². The molecule has 1 rings (SSSR count). The van der Waals surface area contributed by atoms with Crippen LogP contribution in [-0.4, -0.2) is 19.6 Å². The summed E-state index contributed by atoms with van der Waals surface area (Å²) in [6.45, 7) is 2.58. The van der Waals surface area contributed by atoms with Crippen LogP contribution in [0.2, 0.25) is 0 Å². The van der Waals surface area contributed by atoms with E-state index in [1.807, 2.05) is 0 Å². The summed E-state index contributed by atoms with van der Waals surface area (Å²) in [5.74, 6) is 0.510. The van der Waals surface area contributed by atoms with E-state index in [2.05, 4.69) is 10.5 Å². The normalized spacial score (nSPS) is 27.8. The van der Waals surface area contributed by atoms with E-state index in [1.165, 1.54) is 12.8 Å². The van der Waals surface area contributed by atoms with E-state index in [0.29, 0.717) is 12.5 Å². The number of nitrogens with one attached hydrogen (secondary N) is 1. The van der Waals surface area contributed by atoms with Gasteiger partial charge in [0.15, 0.2) is 0 Å². The molecule has 0 saturated carbocycles. The molecule has 0 unspecified atom stereocenters. The summed E-state index contributed by atoms with van der Waals surface area (Å²) in [6, 6.07) is 0. The minimum atomic E-state index is 0.493. The van der Waals surface area contributed by atoms with E-state index in [-0.39, 0.29) is 0 Å². The first-order chi connectivity index (χ1) is 4.43. The Morgan fingerprint density at radius 3 is 3.11 bits per heavy atom. The quantitative estimate of drug-likeness (QED) is 0.557. The van der Waals surface area contributed by atoms with E-state index in [9.17, 15) is 4.91 Å². The van der Waals surface area contributed by atoms with Gasteiger partial charge in [0.1, 0.15) is 0 Å². The average molecular weight is 128 g/mol. The Labute approximate surface area is 54.8 Å². The van der Waals surface area contributed by atoms with Crippen molar-refractivity contribution < 1.29 is 0 Å². The molecule has 1 fully saturated rings. The second-order valence-electron chi connectivity index (χ2n) is 2.52. The molecule has 52 valence electrons. The number of piperidine rings is 1. The summed E-state index contributed by atoms with van der Waals surface area (Å²) >= 11 is 0. The summed E-state index contributed by atoms with van der Waals surface area (Å²) in [5, 5.41) is 6.09. The predicted octanol–water partition coefficient (Wildman–Crippen LogP) is 0.752. The van der Waals surface area contributed by atoms with Crippen LogP contribution in [0.5, 0.6) is 0 Å². The van der Waals surface area contributed by atoms with Crippen LogP contribution in [-0.2, 0) is 0 Å². The zero-order valence-electron chi connectivity index (χ0n) is 5.47. The Kier molecular flexibility index (Phi) is 2.64.